The van der Waals surface area contributed by atoms with Crippen LogP contribution in [0.5, 0.6) is 0 Å². The molecule has 2 bridgehead atoms. The molecule has 2 aliphatic carbocycles. The molecule has 2 saturated carbocycles. The molecular formula is C24H22Cl2N2O5S2. The Kier molecular flexibility index (Phi) is 5.45. The third-order valence-electron chi connectivity index (χ3n) is 8.24. The van der Waals surface area contributed by atoms with Gasteiger partial charge in [-0.25, -0.2) is 4.79 Å². The van der Waals surface area contributed by atoms with Crippen LogP contribution in [0.2, 0.25) is 10.0 Å². The molecule has 4 aliphatic rings. The number of hydrogen-bond acceptors (Lipinski definition) is 6. The maximum Gasteiger partial charge on any atom is 0.327 e. The standard InChI is InChI=1S/C24H22Cl2N2O5S2/c1-7(2)17(23(31)32)28-21(29)14-9-6-10(15(14)22(28)30)18-13(9)12(8-4-3-5-11(25)16(8)26)19-20(34-18)27-24(33)35-19/h3-5,7,9-10,12-15,17-18H,6H2,1-2H3,(H,27,33)(H,31,32)/t9?,10?,12-,13?,14?,15?,17?,18?/m1/s1. The predicted molar refractivity (Wildman–Crippen MR) is 133 cm³/mol. The van der Waals surface area contributed by atoms with E-state index in [0.29, 0.717) is 10.0 Å². The fourth-order valence-corrected chi connectivity index (χ4v) is 10.4. The van der Waals surface area contributed by atoms with Crippen molar-refractivity contribution in [1.29, 1.82) is 0 Å². The molecule has 11 heteroatoms. The van der Waals surface area contributed by atoms with Crippen LogP contribution in [0, 0.1) is 35.5 Å². The number of thioether (sulfide) groups is 1. The third kappa shape index (κ3) is 3.17. The number of amides is 2. The van der Waals surface area contributed by atoms with E-state index in [2.05, 4.69) is 4.98 Å². The Morgan fingerprint density at radius 1 is 1.14 bits per heavy atom. The number of nitrogens with one attached hydrogen (secondary N) is 1. The van der Waals surface area contributed by atoms with Gasteiger partial charge in [-0.1, -0.05) is 60.5 Å². The molecule has 1 aromatic heterocycles. The quantitative estimate of drug-likeness (QED) is 0.546. The van der Waals surface area contributed by atoms with Crippen LogP contribution >= 0.6 is 46.3 Å². The number of carboxylic acids is 1. The second kappa shape index (κ2) is 8.10. The molecule has 7 unspecified atom stereocenters. The average Bonchev–Trinajstić information content (AvgIpc) is 3.51. The van der Waals surface area contributed by atoms with Crippen LogP contribution in [0.3, 0.4) is 0 Å². The van der Waals surface area contributed by atoms with Gasteiger partial charge in [0, 0.05) is 16.0 Å². The number of H-pyrrole nitrogens is 1. The molecule has 8 atom stereocenters. The number of aliphatic carboxylic acids is 1. The van der Waals surface area contributed by atoms with Crippen LogP contribution in [0.15, 0.2) is 28.0 Å². The van der Waals surface area contributed by atoms with Gasteiger partial charge in [-0.15, -0.1) is 11.8 Å². The molecule has 2 N–H and O–H groups in total. The van der Waals surface area contributed by atoms with E-state index in [-0.39, 0.29) is 45.6 Å². The monoisotopic (exact) mass is 552 g/mol. The van der Waals surface area contributed by atoms with Crippen molar-refractivity contribution in [3.05, 3.63) is 48.4 Å². The summed E-state index contributed by atoms with van der Waals surface area (Å²) >= 11 is 15.8. The maximum atomic E-state index is 13.7. The van der Waals surface area contributed by atoms with Crippen molar-refractivity contribution in [2.45, 2.75) is 42.5 Å². The first-order chi connectivity index (χ1) is 16.6. The summed E-state index contributed by atoms with van der Waals surface area (Å²) < 4.78 is 0. The molecule has 1 saturated heterocycles. The summed E-state index contributed by atoms with van der Waals surface area (Å²) in [6, 6.07) is 4.29. The highest BCUT2D eigenvalue weighted by atomic mass is 35.5. The topological polar surface area (TPSA) is 108 Å². The van der Waals surface area contributed by atoms with E-state index in [1.165, 1.54) is 0 Å². The van der Waals surface area contributed by atoms with Crippen LogP contribution in [-0.2, 0) is 14.4 Å². The van der Waals surface area contributed by atoms with Gasteiger partial charge >= 0.3 is 10.8 Å². The molecule has 2 aromatic rings. The van der Waals surface area contributed by atoms with Crippen molar-refractivity contribution in [2.75, 3.05) is 0 Å². The van der Waals surface area contributed by atoms with Crippen molar-refractivity contribution in [3.63, 3.8) is 0 Å². The second-order valence-corrected chi connectivity index (χ2v) is 13.2. The van der Waals surface area contributed by atoms with E-state index >= 15 is 0 Å². The molecule has 0 spiro atoms. The Morgan fingerprint density at radius 2 is 1.83 bits per heavy atom. The van der Waals surface area contributed by atoms with E-state index < -0.39 is 29.8 Å². The summed E-state index contributed by atoms with van der Waals surface area (Å²) in [6.45, 7) is 3.42. The molecule has 1 aromatic carbocycles. The highest BCUT2D eigenvalue weighted by molar-refractivity contribution is 8.00. The van der Waals surface area contributed by atoms with Gasteiger partial charge in [-0.3, -0.25) is 19.3 Å². The molecule has 3 fully saturated rings. The highest BCUT2D eigenvalue weighted by Gasteiger charge is 2.70. The summed E-state index contributed by atoms with van der Waals surface area (Å²) in [5.74, 6) is -3.84. The lowest BCUT2D eigenvalue weighted by Gasteiger charge is -2.43. The Morgan fingerprint density at radius 3 is 2.49 bits per heavy atom. The average molecular weight is 553 g/mol. The number of carbonyl (C=O) groups is 3. The van der Waals surface area contributed by atoms with Crippen LogP contribution in [-0.4, -0.2) is 44.1 Å². The molecular weight excluding hydrogens is 531 g/mol. The Labute approximate surface area is 219 Å². The number of aromatic amines is 1. The first kappa shape index (κ1) is 23.6. The van der Waals surface area contributed by atoms with Gasteiger partial charge in [0.1, 0.15) is 6.04 Å². The van der Waals surface area contributed by atoms with E-state index in [1.54, 1.807) is 31.7 Å². The number of imide groups is 1. The third-order valence-corrected chi connectivity index (χ3v) is 11.7. The van der Waals surface area contributed by atoms with Crippen LogP contribution < -0.4 is 4.87 Å². The fourth-order valence-electron chi connectivity index (χ4n) is 7.12. The van der Waals surface area contributed by atoms with Gasteiger partial charge < -0.3 is 10.1 Å². The molecule has 3 heterocycles. The minimum absolute atomic E-state index is 0.00178. The number of halogens is 2. The Balaban J connectivity index is 1.47. The van der Waals surface area contributed by atoms with Gasteiger partial charge in [0.15, 0.2) is 0 Å². The molecule has 2 aliphatic heterocycles. The summed E-state index contributed by atoms with van der Waals surface area (Å²) in [4.78, 5) is 56.3. The number of benzene rings is 1. The van der Waals surface area contributed by atoms with Gasteiger partial charge in [-0.2, -0.15) is 0 Å². The normalized spacial score (nSPS) is 33.7. The van der Waals surface area contributed by atoms with Crippen molar-refractivity contribution in [1.82, 2.24) is 9.88 Å². The van der Waals surface area contributed by atoms with Gasteiger partial charge in [-0.05, 0) is 41.7 Å². The fraction of sp³-hybridized carbons (Fsp3) is 0.500. The second-order valence-electron chi connectivity index (χ2n) is 10.2. The number of aromatic nitrogens is 1. The SMILES string of the molecule is CC(C)C(C(=O)O)N1C(=O)C2C3CC(C2C1=O)C1C3Sc2[nH]c(=O)sc2[C@@H]1c1cccc(Cl)c1Cl. The number of carboxylic acid groups (broad SMARTS) is 1. The van der Waals surface area contributed by atoms with E-state index in [4.69, 9.17) is 23.2 Å². The molecule has 0 radical (unpaired) electrons. The predicted octanol–water partition coefficient (Wildman–Crippen LogP) is 4.33. The summed E-state index contributed by atoms with van der Waals surface area (Å²) in [7, 11) is 0. The summed E-state index contributed by atoms with van der Waals surface area (Å²) in [6.07, 6.45) is 0.719. The first-order valence-electron chi connectivity index (χ1n) is 11.5. The maximum absolute atomic E-state index is 13.7. The minimum atomic E-state index is -1.18. The number of fused-ring (bicyclic) bond motifs is 9. The molecule has 35 heavy (non-hydrogen) atoms. The largest absolute Gasteiger partial charge is 0.480 e. The smallest absolute Gasteiger partial charge is 0.327 e. The Hall–Kier alpha value is -1.81. The zero-order valence-electron chi connectivity index (χ0n) is 18.7. The summed E-state index contributed by atoms with van der Waals surface area (Å²) in [5, 5.41) is 11.4. The van der Waals surface area contributed by atoms with Crippen molar-refractivity contribution in [2.24, 2.45) is 35.5 Å². The number of likely N-dealkylation sites (tertiary alicyclic amines) is 1. The van der Waals surface area contributed by atoms with E-state index in [1.807, 2.05) is 12.1 Å². The molecule has 7 nitrogen and oxygen atoms in total. The molecule has 6 rings (SSSR count). The zero-order chi connectivity index (χ0) is 24.9. The lowest BCUT2D eigenvalue weighted by molar-refractivity contribution is -0.157. The number of carbonyl (C=O) groups excluding carboxylic acids is 2. The van der Waals surface area contributed by atoms with Crippen LogP contribution in [0.25, 0.3) is 0 Å². The first-order valence-corrected chi connectivity index (χ1v) is 14.0. The minimum Gasteiger partial charge on any atom is -0.480 e. The van der Waals surface area contributed by atoms with Crippen LogP contribution in [0.1, 0.15) is 36.6 Å². The van der Waals surface area contributed by atoms with Crippen molar-refractivity contribution >= 4 is 64.1 Å². The molecule has 2 amide bonds. The Bertz CT molecular complexity index is 1340. The summed E-state index contributed by atoms with van der Waals surface area (Å²) in [5.41, 5.74) is 0.814. The number of nitrogens with zero attached hydrogens (tertiary/aromatic N) is 1. The van der Waals surface area contributed by atoms with Gasteiger partial charge in [0.2, 0.25) is 11.8 Å². The lowest BCUT2D eigenvalue weighted by Crippen LogP contribution is -2.49. The zero-order valence-corrected chi connectivity index (χ0v) is 21.9. The van der Waals surface area contributed by atoms with Gasteiger partial charge in [0.25, 0.3) is 0 Å². The molecule has 184 valence electrons. The lowest BCUT2D eigenvalue weighted by atomic mass is 9.68. The van der Waals surface area contributed by atoms with E-state index in [0.717, 1.165) is 38.1 Å². The van der Waals surface area contributed by atoms with Crippen molar-refractivity contribution < 1.29 is 19.5 Å². The van der Waals surface area contributed by atoms with Crippen LogP contribution in [0.4, 0.5) is 0 Å². The number of hydrogen-bond donors (Lipinski definition) is 2. The number of thiazole rings is 1. The number of rotatable bonds is 4. The van der Waals surface area contributed by atoms with E-state index in [9.17, 15) is 24.3 Å². The van der Waals surface area contributed by atoms with Gasteiger partial charge in [0.05, 0.1) is 26.9 Å². The highest BCUT2D eigenvalue weighted by Crippen LogP contribution is 2.69. The van der Waals surface area contributed by atoms with Crippen molar-refractivity contribution in [3.8, 4) is 0 Å².